The molecule has 3 N–H and O–H groups in total. The Morgan fingerprint density at radius 3 is 3.11 bits per heavy atom. The van der Waals surface area contributed by atoms with E-state index in [9.17, 15) is 13.6 Å². The fourth-order valence-electron chi connectivity index (χ4n) is 2.01. The van der Waals surface area contributed by atoms with Crippen molar-refractivity contribution in [3.8, 4) is 0 Å². The van der Waals surface area contributed by atoms with Crippen LogP contribution in [0.4, 0.5) is 14.5 Å². The summed E-state index contributed by atoms with van der Waals surface area (Å²) in [6.07, 6.45) is 0.433. The molecule has 2 heterocycles. The Labute approximate surface area is 108 Å². The number of nitrogens with one attached hydrogen (secondary N) is 1. The summed E-state index contributed by atoms with van der Waals surface area (Å²) in [4.78, 5) is 11.9. The topological polar surface area (TPSA) is 82.2 Å². The average molecular weight is 274 g/mol. The van der Waals surface area contributed by atoms with Gasteiger partial charge in [0.1, 0.15) is 12.2 Å². The third kappa shape index (κ3) is 3.40. The number of nitrogens with two attached hydrogens (primary N) is 1. The zero-order valence-electron chi connectivity index (χ0n) is 10.3. The maximum atomic E-state index is 12.4. The fourth-order valence-corrected chi connectivity index (χ4v) is 2.01. The molecule has 0 aromatic carbocycles. The van der Waals surface area contributed by atoms with Gasteiger partial charge in [0.15, 0.2) is 0 Å². The molecule has 1 aliphatic heterocycles. The van der Waals surface area contributed by atoms with E-state index in [1.807, 2.05) is 0 Å². The molecule has 1 aromatic rings. The van der Waals surface area contributed by atoms with E-state index in [4.69, 9.17) is 10.5 Å². The molecule has 1 fully saturated rings. The highest BCUT2D eigenvalue weighted by Crippen LogP contribution is 2.14. The van der Waals surface area contributed by atoms with Gasteiger partial charge in [0, 0.05) is 13.2 Å². The molecule has 1 unspecified atom stereocenters. The van der Waals surface area contributed by atoms with Gasteiger partial charge in [0.25, 0.3) is 12.3 Å². The zero-order valence-corrected chi connectivity index (χ0v) is 10.3. The van der Waals surface area contributed by atoms with Crippen LogP contribution in [-0.2, 0) is 11.3 Å². The van der Waals surface area contributed by atoms with E-state index < -0.39 is 18.9 Å². The molecule has 0 aliphatic carbocycles. The van der Waals surface area contributed by atoms with Crippen LogP contribution in [0.5, 0.6) is 0 Å². The Hall–Kier alpha value is -1.70. The number of anilines is 1. The van der Waals surface area contributed by atoms with E-state index in [0.29, 0.717) is 13.2 Å². The molecular weight excluding hydrogens is 258 g/mol. The fraction of sp³-hybridized carbons (Fsp3) is 0.636. The Balaban J connectivity index is 1.99. The highest BCUT2D eigenvalue weighted by Gasteiger charge is 2.21. The SMILES string of the molecule is Nc1cnn(CC(F)F)c1C(=O)NCC1CCCO1. The first-order valence-electron chi connectivity index (χ1n) is 6.07. The number of carbonyl (C=O) groups is 1. The molecule has 106 valence electrons. The Kier molecular flexibility index (Phi) is 4.31. The number of halogens is 2. The Morgan fingerprint density at radius 1 is 1.68 bits per heavy atom. The van der Waals surface area contributed by atoms with E-state index in [1.54, 1.807) is 0 Å². The van der Waals surface area contributed by atoms with Crippen LogP contribution in [0.25, 0.3) is 0 Å². The molecule has 1 amide bonds. The van der Waals surface area contributed by atoms with Crippen molar-refractivity contribution in [1.29, 1.82) is 0 Å². The number of aromatic nitrogens is 2. The first kappa shape index (κ1) is 13.7. The predicted molar refractivity (Wildman–Crippen MR) is 64.0 cm³/mol. The van der Waals surface area contributed by atoms with Crippen LogP contribution in [0.3, 0.4) is 0 Å². The summed E-state index contributed by atoms with van der Waals surface area (Å²) in [5, 5.41) is 6.31. The number of nitrogen functional groups attached to an aromatic ring is 1. The summed E-state index contributed by atoms with van der Waals surface area (Å²) >= 11 is 0. The summed E-state index contributed by atoms with van der Waals surface area (Å²) in [7, 11) is 0. The number of alkyl halides is 2. The van der Waals surface area contributed by atoms with Crippen molar-refractivity contribution in [2.75, 3.05) is 18.9 Å². The van der Waals surface area contributed by atoms with Crippen LogP contribution < -0.4 is 11.1 Å². The van der Waals surface area contributed by atoms with Crippen LogP contribution in [0.2, 0.25) is 0 Å². The summed E-state index contributed by atoms with van der Waals surface area (Å²) in [6.45, 7) is 0.379. The quantitative estimate of drug-likeness (QED) is 0.825. The van der Waals surface area contributed by atoms with Crippen LogP contribution in [0.1, 0.15) is 23.3 Å². The molecule has 1 atom stereocenters. The Morgan fingerprint density at radius 2 is 2.47 bits per heavy atom. The smallest absolute Gasteiger partial charge is 0.271 e. The lowest BCUT2D eigenvalue weighted by Crippen LogP contribution is -2.34. The lowest BCUT2D eigenvalue weighted by Gasteiger charge is -2.12. The minimum absolute atomic E-state index is 0.0170. The van der Waals surface area contributed by atoms with Gasteiger partial charge in [-0.2, -0.15) is 5.10 Å². The number of rotatable bonds is 5. The van der Waals surface area contributed by atoms with Gasteiger partial charge >= 0.3 is 0 Å². The number of hydrogen-bond donors (Lipinski definition) is 2. The van der Waals surface area contributed by atoms with Gasteiger partial charge in [-0.3, -0.25) is 9.48 Å². The van der Waals surface area contributed by atoms with Crippen molar-refractivity contribution in [3.63, 3.8) is 0 Å². The highest BCUT2D eigenvalue weighted by atomic mass is 19.3. The second-order valence-electron chi connectivity index (χ2n) is 4.37. The minimum atomic E-state index is -2.59. The lowest BCUT2D eigenvalue weighted by molar-refractivity contribution is 0.0837. The third-order valence-electron chi connectivity index (χ3n) is 2.91. The number of nitrogens with zero attached hydrogens (tertiary/aromatic N) is 2. The van der Waals surface area contributed by atoms with Gasteiger partial charge in [-0.1, -0.05) is 0 Å². The second-order valence-corrected chi connectivity index (χ2v) is 4.37. The van der Waals surface area contributed by atoms with E-state index in [-0.39, 0.29) is 17.5 Å². The number of carbonyl (C=O) groups excluding carboxylic acids is 1. The zero-order chi connectivity index (χ0) is 13.8. The molecule has 1 saturated heterocycles. The number of amides is 1. The van der Waals surface area contributed by atoms with E-state index in [0.717, 1.165) is 17.5 Å². The van der Waals surface area contributed by atoms with Crippen LogP contribution in [0.15, 0.2) is 6.20 Å². The van der Waals surface area contributed by atoms with E-state index in [2.05, 4.69) is 10.4 Å². The van der Waals surface area contributed by atoms with Crippen molar-refractivity contribution < 1.29 is 18.3 Å². The highest BCUT2D eigenvalue weighted by molar-refractivity contribution is 5.97. The van der Waals surface area contributed by atoms with Crippen molar-refractivity contribution in [3.05, 3.63) is 11.9 Å². The molecule has 8 heteroatoms. The summed E-state index contributed by atoms with van der Waals surface area (Å²) in [5.41, 5.74) is 5.64. The molecule has 0 radical (unpaired) electrons. The molecule has 2 rings (SSSR count). The number of ether oxygens (including phenoxy) is 1. The van der Waals surface area contributed by atoms with Crippen molar-refractivity contribution in [2.45, 2.75) is 31.9 Å². The van der Waals surface area contributed by atoms with Gasteiger partial charge in [0.05, 0.1) is 18.0 Å². The maximum absolute atomic E-state index is 12.4. The predicted octanol–water partition coefficient (Wildman–Crippen LogP) is 0.639. The van der Waals surface area contributed by atoms with Crippen LogP contribution in [0, 0.1) is 0 Å². The largest absolute Gasteiger partial charge is 0.396 e. The van der Waals surface area contributed by atoms with Crippen molar-refractivity contribution >= 4 is 11.6 Å². The van der Waals surface area contributed by atoms with Gasteiger partial charge in [-0.05, 0) is 12.8 Å². The van der Waals surface area contributed by atoms with E-state index in [1.165, 1.54) is 6.20 Å². The standard InChI is InChI=1S/C11H16F2N4O2/c12-9(13)6-17-10(8(14)5-16-17)11(18)15-4-7-2-1-3-19-7/h5,7,9H,1-4,6,14H2,(H,15,18). The van der Waals surface area contributed by atoms with Gasteiger partial charge in [-0.25, -0.2) is 8.78 Å². The molecule has 0 spiro atoms. The van der Waals surface area contributed by atoms with Crippen LogP contribution >= 0.6 is 0 Å². The van der Waals surface area contributed by atoms with Crippen molar-refractivity contribution in [2.24, 2.45) is 0 Å². The molecular formula is C11H16F2N4O2. The van der Waals surface area contributed by atoms with E-state index >= 15 is 0 Å². The normalized spacial score (nSPS) is 19.0. The molecule has 6 nitrogen and oxygen atoms in total. The summed E-state index contributed by atoms with van der Waals surface area (Å²) < 4.78 is 31.0. The summed E-state index contributed by atoms with van der Waals surface area (Å²) in [6, 6.07) is 0. The monoisotopic (exact) mass is 274 g/mol. The van der Waals surface area contributed by atoms with Crippen LogP contribution in [-0.4, -0.2) is 41.4 Å². The summed E-state index contributed by atoms with van der Waals surface area (Å²) in [5.74, 6) is -0.508. The van der Waals surface area contributed by atoms with Crippen molar-refractivity contribution in [1.82, 2.24) is 15.1 Å². The van der Waals surface area contributed by atoms with Gasteiger partial charge in [-0.15, -0.1) is 0 Å². The average Bonchev–Trinajstić information content (AvgIpc) is 2.96. The molecule has 0 bridgehead atoms. The second kappa shape index (κ2) is 5.96. The minimum Gasteiger partial charge on any atom is -0.396 e. The molecule has 0 saturated carbocycles. The number of hydrogen-bond acceptors (Lipinski definition) is 4. The first-order valence-corrected chi connectivity index (χ1v) is 6.07. The third-order valence-corrected chi connectivity index (χ3v) is 2.91. The first-order chi connectivity index (χ1) is 9.08. The van der Waals surface area contributed by atoms with Gasteiger partial charge in [0.2, 0.25) is 0 Å². The Bertz CT molecular complexity index is 444. The lowest BCUT2D eigenvalue weighted by atomic mass is 10.2. The molecule has 19 heavy (non-hydrogen) atoms. The maximum Gasteiger partial charge on any atom is 0.271 e. The molecule has 1 aliphatic rings. The van der Waals surface area contributed by atoms with Gasteiger partial charge < -0.3 is 15.8 Å². The molecule has 1 aromatic heterocycles.